The Hall–Kier alpha value is -2.26. The number of hydrogen-bond acceptors (Lipinski definition) is 2. The molecule has 0 aliphatic heterocycles. The average Bonchev–Trinajstić information content (AvgIpc) is 2.53. The van der Waals surface area contributed by atoms with E-state index in [0.717, 1.165) is 22.4 Å². The maximum Gasteiger partial charge on any atom is 0.335 e. The molecule has 0 unspecified atom stereocenters. The molecular formula is C18H17ClO3. The zero-order valence-electron chi connectivity index (χ0n) is 12.5. The van der Waals surface area contributed by atoms with Crippen LogP contribution in [0.1, 0.15) is 29.8 Å². The summed E-state index contributed by atoms with van der Waals surface area (Å²) < 4.78 is 5.56. The van der Waals surface area contributed by atoms with Crippen LogP contribution in [0.3, 0.4) is 0 Å². The first-order chi connectivity index (χ1) is 10.6. The maximum atomic E-state index is 10.9. The van der Waals surface area contributed by atoms with Crippen LogP contribution in [0.15, 0.2) is 48.5 Å². The van der Waals surface area contributed by atoms with E-state index in [9.17, 15) is 4.79 Å². The van der Waals surface area contributed by atoms with E-state index in [2.05, 4.69) is 0 Å². The van der Waals surface area contributed by atoms with Crippen molar-refractivity contribution in [2.45, 2.75) is 13.8 Å². The predicted octanol–water partition coefficient (Wildman–Crippen LogP) is 5.10. The first kappa shape index (κ1) is 16.1. The van der Waals surface area contributed by atoms with Crippen LogP contribution in [0, 0.1) is 0 Å². The Kier molecular flexibility index (Phi) is 5.23. The number of rotatable bonds is 5. The number of aromatic carboxylic acids is 1. The minimum absolute atomic E-state index is 0.263. The third-order valence-corrected chi connectivity index (χ3v) is 3.57. The van der Waals surface area contributed by atoms with Gasteiger partial charge in [-0.25, -0.2) is 4.79 Å². The van der Waals surface area contributed by atoms with Crippen molar-refractivity contribution in [3.05, 3.63) is 64.7 Å². The van der Waals surface area contributed by atoms with Gasteiger partial charge in [0.2, 0.25) is 0 Å². The SMILES string of the molecule is C/C=C(\OCC)c1ccc(-c2ccc(C(=O)O)cc2)cc1Cl. The summed E-state index contributed by atoms with van der Waals surface area (Å²) in [6.07, 6.45) is 1.88. The number of benzene rings is 2. The van der Waals surface area contributed by atoms with E-state index in [0.29, 0.717) is 11.6 Å². The Morgan fingerprint density at radius 2 is 1.82 bits per heavy atom. The molecule has 1 N–H and O–H groups in total. The number of hydrogen-bond donors (Lipinski definition) is 1. The van der Waals surface area contributed by atoms with E-state index in [1.807, 2.05) is 38.1 Å². The van der Waals surface area contributed by atoms with E-state index in [1.165, 1.54) is 0 Å². The van der Waals surface area contributed by atoms with Crippen LogP contribution < -0.4 is 0 Å². The molecule has 0 heterocycles. The van der Waals surface area contributed by atoms with Crippen LogP contribution in [-0.2, 0) is 4.74 Å². The van der Waals surface area contributed by atoms with Gasteiger partial charge in [-0.3, -0.25) is 0 Å². The largest absolute Gasteiger partial charge is 0.494 e. The van der Waals surface area contributed by atoms with Crippen LogP contribution in [-0.4, -0.2) is 17.7 Å². The number of carboxylic acids is 1. The third kappa shape index (κ3) is 3.49. The van der Waals surface area contributed by atoms with Crippen LogP contribution in [0.4, 0.5) is 0 Å². The number of ether oxygens (including phenoxy) is 1. The lowest BCUT2D eigenvalue weighted by molar-refractivity contribution is 0.0697. The Morgan fingerprint density at radius 3 is 2.32 bits per heavy atom. The molecule has 0 radical (unpaired) electrons. The number of allylic oxidation sites excluding steroid dienone is 1. The second-order valence-electron chi connectivity index (χ2n) is 4.66. The third-order valence-electron chi connectivity index (χ3n) is 3.26. The highest BCUT2D eigenvalue weighted by atomic mass is 35.5. The van der Waals surface area contributed by atoms with Crippen molar-refractivity contribution in [3.63, 3.8) is 0 Å². The number of carboxylic acid groups (broad SMARTS) is 1. The first-order valence-electron chi connectivity index (χ1n) is 6.99. The highest BCUT2D eigenvalue weighted by Crippen LogP contribution is 2.30. The lowest BCUT2D eigenvalue weighted by Gasteiger charge is -2.11. The molecule has 0 spiro atoms. The fraction of sp³-hybridized carbons (Fsp3) is 0.167. The van der Waals surface area contributed by atoms with Gasteiger partial charge in [0, 0.05) is 5.56 Å². The minimum atomic E-state index is -0.936. The quantitative estimate of drug-likeness (QED) is 0.780. The van der Waals surface area contributed by atoms with Gasteiger partial charge >= 0.3 is 5.97 Å². The molecule has 0 fully saturated rings. The summed E-state index contributed by atoms with van der Waals surface area (Å²) in [7, 11) is 0. The molecule has 2 aromatic rings. The fourth-order valence-electron chi connectivity index (χ4n) is 2.17. The molecule has 0 aliphatic rings. The normalized spacial score (nSPS) is 11.3. The van der Waals surface area contributed by atoms with Crippen LogP contribution in [0.5, 0.6) is 0 Å². The van der Waals surface area contributed by atoms with Gasteiger partial charge in [-0.2, -0.15) is 0 Å². The monoisotopic (exact) mass is 316 g/mol. The average molecular weight is 317 g/mol. The second-order valence-corrected chi connectivity index (χ2v) is 5.07. The molecule has 0 saturated heterocycles. The Bertz CT molecular complexity index is 703. The van der Waals surface area contributed by atoms with E-state index < -0.39 is 5.97 Å². The summed E-state index contributed by atoms with van der Waals surface area (Å²) in [4.78, 5) is 10.9. The van der Waals surface area contributed by atoms with Gasteiger partial charge in [0.25, 0.3) is 0 Å². The van der Waals surface area contributed by atoms with Crippen molar-refractivity contribution in [1.82, 2.24) is 0 Å². The van der Waals surface area contributed by atoms with Gasteiger partial charge in [0.1, 0.15) is 5.76 Å². The van der Waals surface area contributed by atoms with Crippen molar-refractivity contribution in [1.29, 1.82) is 0 Å². The molecule has 0 saturated carbocycles. The summed E-state index contributed by atoms with van der Waals surface area (Å²) in [6.45, 7) is 4.41. The maximum absolute atomic E-state index is 10.9. The minimum Gasteiger partial charge on any atom is -0.494 e. The molecule has 0 amide bonds. The summed E-state index contributed by atoms with van der Waals surface area (Å²) >= 11 is 6.36. The standard InChI is InChI=1S/C18H17ClO3/c1-3-17(22-4-2)15-10-9-14(11-16(15)19)12-5-7-13(8-6-12)18(20)21/h3,5-11H,4H2,1-2H3,(H,20,21)/b17-3-. The van der Waals surface area contributed by atoms with Crippen LogP contribution >= 0.6 is 11.6 Å². The summed E-state index contributed by atoms with van der Waals surface area (Å²) in [5, 5.41) is 9.52. The van der Waals surface area contributed by atoms with Crippen LogP contribution in [0.25, 0.3) is 16.9 Å². The smallest absolute Gasteiger partial charge is 0.335 e. The topological polar surface area (TPSA) is 46.5 Å². The fourth-order valence-corrected chi connectivity index (χ4v) is 2.45. The zero-order valence-corrected chi connectivity index (χ0v) is 13.2. The summed E-state index contributed by atoms with van der Waals surface area (Å²) in [5.74, 6) is -0.186. The second kappa shape index (κ2) is 7.14. The molecule has 3 nitrogen and oxygen atoms in total. The number of halogens is 1. The van der Waals surface area contributed by atoms with Gasteiger partial charge in [0.05, 0.1) is 17.2 Å². The molecule has 2 rings (SSSR count). The van der Waals surface area contributed by atoms with E-state index in [4.69, 9.17) is 21.4 Å². The first-order valence-corrected chi connectivity index (χ1v) is 7.37. The molecule has 2 aromatic carbocycles. The Labute approximate surface area is 134 Å². The predicted molar refractivity (Wildman–Crippen MR) is 89.1 cm³/mol. The van der Waals surface area contributed by atoms with Crippen LogP contribution in [0.2, 0.25) is 5.02 Å². The highest BCUT2D eigenvalue weighted by Gasteiger charge is 2.09. The molecule has 0 aliphatic carbocycles. The molecule has 114 valence electrons. The zero-order chi connectivity index (χ0) is 16.1. The molecule has 0 atom stereocenters. The summed E-state index contributed by atoms with van der Waals surface area (Å²) in [5.41, 5.74) is 2.95. The highest BCUT2D eigenvalue weighted by molar-refractivity contribution is 6.32. The van der Waals surface area contributed by atoms with E-state index in [1.54, 1.807) is 24.3 Å². The Balaban J connectivity index is 2.34. The Morgan fingerprint density at radius 1 is 1.18 bits per heavy atom. The van der Waals surface area contributed by atoms with Crippen molar-refractivity contribution in [2.75, 3.05) is 6.61 Å². The van der Waals surface area contributed by atoms with E-state index >= 15 is 0 Å². The van der Waals surface area contributed by atoms with Gasteiger partial charge in [-0.1, -0.05) is 29.8 Å². The van der Waals surface area contributed by atoms with Crippen molar-refractivity contribution >= 4 is 23.3 Å². The van der Waals surface area contributed by atoms with Crippen molar-refractivity contribution in [3.8, 4) is 11.1 Å². The molecule has 0 bridgehead atoms. The van der Waals surface area contributed by atoms with Gasteiger partial charge < -0.3 is 9.84 Å². The van der Waals surface area contributed by atoms with E-state index in [-0.39, 0.29) is 5.56 Å². The molecule has 0 aromatic heterocycles. The lowest BCUT2D eigenvalue weighted by atomic mass is 10.0. The van der Waals surface area contributed by atoms with Gasteiger partial charge in [-0.05, 0) is 55.3 Å². The summed E-state index contributed by atoms with van der Waals surface area (Å²) in [6, 6.07) is 12.4. The molecular weight excluding hydrogens is 300 g/mol. The van der Waals surface area contributed by atoms with Gasteiger partial charge in [0.15, 0.2) is 0 Å². The number of carbonyl (C=O) groups is 1. The molecule has 4 heteroatoms. The molecule has 22 heavy (non-hydrogen) atoms. The van der Waals surface area contributed by atoms with Crippen molar-refractivity contribution < 1.29 is 14.6 Å². The lowest BCUT2D eigenvalue weighted by Crippen LogP contribution is -1.95. The van der Waals surface area contributed by atoms with Crippen molar-refractivity contribution in [2.24, 2.45) is 0 Å². The van der Waals surface area contributed by atoms with Gasteiger partial charge in [-0.15, -0.1) is 0 Å².